The second-order valence-corrected chi connectivity index (χ2v) is 6.23. The van der Waals surface area contributed by atoms with Crippen LogP contribution in [-0.2, 0) is 0 Å². The van der Waals surface area contributed by atoms with Gasteiger partial charge in [-0.2, -0.15) is 0 Å². The minimum Gasteiger partial charge on any atom is -0.315 e. The number of hydrogen-bond donors (Lipinski definition) is 1. The molecule has 0 saturated carbocycles. The SMILES string of the molecule is CCC1CNCC1N1CCC2CCC(C1)N2C. The van der Waals surface area contributed by atoms with E-state index >= 15 is 0 Å². The van der Waals surface area contributed by atoms with E-state index < -0.39 is 0 Å². The van der Waals surface area contributed by atoms with E-state index in [1.165, 1.54) is 51.9 Å². The molecule has 3 fully saturated rings. The van der Waals surface area contributed by atoms with Crippen LogP contribution in [0.1, 0.15) is 32.6 Å². The standard InChI is InChI=1S/C14H27N3/c1-3-11-8-15-9-14(11)17-7-6-12-4-5-13(10-17)16(12)2/h11-15H,3-10H2,1-2H3. The molecule has 4 unspecified atom stereocenters. The highest BCUT2D eigenvalue weighted by Gasteiger charge is 2.39. The summed E-state index contributed by atoms with van der Waals surface area (Å²) in [5.41, 5.74) is 0. The zero-order chi connectivity index (χ0) is 11.8. The lowest BCUT2D eigenvalue weighted by Gasteiger charge is -2.33. The van der Waals surface area contributed by atoms with Crippen molar-refractivity contribution in [3.8, 4) is 0 Å². The minimum absolute atomic E-state index is 0.813. The number of hydrogen-bond acceptors (Lipinski definition) is 3. The molecule has 0 amide bonds. The molecule has 0 aromatic rings. The molecule has 3 saturated heterocycles. The maximum absolute atomic E-state index is 3.59. The molecule has 98 valence electrons. The molecule has 0 radical (unpaired) electrons. The summed E-state index contributed by atoms with van der Waals surface area (Å²) >= 11 is 0. The van der Waals surface area contributed by atoms with Crippen LogP contribution in [0, 0.1) is 5.92 Å². The summed E-state index contributed by atoms with van der Waals surface area (Å²) in [5, 5.41) is 3.59. The molecular formula is C14H27N3. The van der Waals surface area contributed by atoms with Crippen LogP contribution in [0.25, 0.3) is 0 Å². The summed E-state index contributed by atoms with van der Waals surface area (Å²) in [6.45, 7) is 7.45. The molecule has 0 aromatic heterocycles. The third-order valence-electron chi connectivity index (χ3n) is 5.48. The molecule has 0 spiro atoms. The van der Waals surface area contributed by atoms with E-state index in [1.807, 2.05) is 0 Å². The number of rotatable bonds is 2. The van der Waals surface area contributed by atoms with Gasteiger partial charge in [-0.05, 0) is 38.8 Å². The zero-order valence-corrected chi connectivity index (χ0v) is 11.4. The van der Waals surface area contributed by atoms with E-state index in [4.69, 9.17) is 0 Å². The van der Waals surface area contributed by atoms with E-state index in [0.717, 1.165) is 24.0 Å². The Morgan fingerprint density at radius 3 is 2.76 bits per heavy atom. The second-order valence-electron chi connectivity index (χ2n) is 6.23. The molecule has 4 atom stereocenters. The molecular weight excluding hydrogens is 210 g/mol. The third-order valence-corrected chi connectivity index (χ3v) is 5.48. The van der Waals surface area contributed by atoms with Gasteiger partial charge in [0.05, 0.1) is 0 Å². The van der Waals surface area contributed by atoms with Crippen molar-refractivity contribution < 1.29 is 0 Å². The van der Waals surface area contributed by atoms with Gasteiger partial charge in [0.25, 0.3) is 0 Å². The van der Waals surface area contributed by atoms with Crippen LogP contribution >= 0.6 is 0 Å². The van der Waals surface area contributed by atoms with Gasteiger partial charge in [0.15, 0.2) is 0 Å². The van der Waals surface area contributed by atoms with E-state index in [-0.39, 0.29) is 0 Å². The number of nitrogens with one attached hydrogen (secondary N) is 1. The van der Waals surface area contributed by atoms with Gasteiger partial charge < -0.3 is 5.32 Å². The van der Waals surface area contributed by atoms with Crippen molar-refractivity contribution in [1.29, 1.82) is 0 Å². The van der Waals surface area contributed by atoms with Gasteiger partial charge in [-0.15, -0.1) is 0 Å². The van der Waals surface area contributed by atoms with Gasteiger partial charge in [0.2, 0.25) is 0 Å². The Bertz CT molecular complexity index is 268. The quantitative estimate of drug-likeness (QED) is 0.777. The van der Waals surface area contributed by atoms with Crippen molar-refractivity contribution in [2.45, 2.75) is 50.7 Å². The summed E-state index contributed by atoms with van der Waals surface area (Å²) in [6, 6.07) is 2.52. The fourth-order valence-corrected chi connectivity index (χ4v) is 4.20. The van der Waals surface area contributed by atoms with E-state index in [9.17, 15) is 0 Å². The molecule has 3 rings (SSSR count). The van der Waals surface area contributed by atoms with Crippen LogP contribution < -0.4 is 5.32 Å². The van der Waals surface area contributed by atoms with Crippen molar-refractivity contribution in [2.24, 2.45) is 5.92 Å². The summed E-state index contributed by atoms with van der Waals surface area (Å²) in [7, 11) is 2.34. The van der Waals surface area contributed by atoms with Crippen LogP contribution in [0.15, 0.2) is 0 Å². The number of likely N-dealkylation sites (N-methyl/N-ethyl adjacent to an activating group) is 1. The first-order valence-corrected chi connectivity index (χ1v) is 7.46. The first-order chi connectivity index (χ1) is 8.29. The topological polar surface area (TPSA) is 18.5 Å². The minimum atomic E-state index is 0.813. The fourth-order valence-electron chi connectivity index (χ4n) is 4.20. The van der Waals surface area contributed by atoms with Crippen LogP contribution in [-0.4, -0.2) is 61.2 Å². The van der Waals surface area contributed by atoms with Crippen LogP contribution in [0.2, 0.25) is 0 Å². The Hall–Kier alpha value is -0.120. The smallest absolute Gasteiger partial charge is 0.0261 e. The van der Waals surface area contributed by atoms with E-state index in [0.29, 0.717) is 0 Å². The van der Waals surface area contributed by atoms with Crippen molar-refractivity contribution in [3.63, 3.8) is 0 Å². The summed E-state index contributed by atoms with van der Waals surface area (Å²) in [4.78, 5) is 5.46. The predicted octanol–water partition coefficient (Wildman–Crippen LogP) is 1.15. The molecule has 1 N–H and O–H groups in total. The van der Waals surface area contributed by atoms with Gasteiger partial charge in [0, 0.05) is 37.8 Å². The maximum Gasteiger partial charge on any atom is 0.0261 e. The molecule has 3 nitrogen and oxygen atoms in total. The molecule has 3 aliphatic heterocycles. The normalized spacial score (nSPS) is 44.1. The molecule has 0 aromatic carbocycles. The summed E-state index contributed by atoms with van der Waals surface area (Å²) in [5.74, 6) is 0.886. The second kappa shape index (κ2) is 4.87. The lowest BCUT2D eigenvalue weighted by atomic mass is 9.97. The zero-order valence-electron chi connectivity index (χ0n) is 11.4. The molecule has 17 heavy (non-hydrogen) atoms. The van der Waals surface area contributed by atoms with Crippen molar-refractivity contribution in [3.05, 3.63) is 0 Å². The highest BCUT2D eigenvalue weighted by molar-refractivity contribution is 4.96. The largest absolute Gasteiger partial charge is 0.315 e. The number of fused-ring (bicyclic) bond motifs is 2. The Morgan fingerprint density at radius 1 is 1.12 bits per heavy atom. The first-order valence-electron chi connectivity index (χ1n) is 7.46. The van der Waals surface area contributed by atoms with E-state index in [2.05, 4.69) is 29.1 Å². The summed E-state index contributed by atoms with van der Waals surface area (Å²) < 4.78 is 0. The molecule has 0 aliphatic carbocycles. The van der Waals surface area contributed by atoms with Gasteiger partial charge in [-0.3, -0.25) is 9.80 Å². The average Bonchev–Trinajstić information content (AvgIpc) is 2.85. The van der Waals surface area contributed by atoms with Crippen LogP contribution in [0.4, 0.5) is 0 Å². The number of nitrogens with zero attached hydrogens (tertiary/aromatic N) is 2. The van der Waals surface area contributed by atoms with Gasteiger partial charge in [0.1, 0.15) is 0 Å². The average molecular weight is 237 g/mol. The monoisotopic (exact) mass is 237 g/mol. The van der Waals surface area contributed by atoms with Gasteiger partial charge >= 0.3 is 0 Å². The number of likely N-dealkylation sites (tertiary alicyclic amines) is 1. The maximum atomic E-state index is 3.59. The predicted molar refractivity (Wildman–Crippen MR) is 71.2 cm³/mol. The van der Waals surface area contributed by atoms with Gasteiger partial charge in [-0.25, -0.2) is 0 Å². The van der Waals surface area contributed by atoms with Crippen molar-refractivity contribution >= 4 is 0 Å². The Morgan fingerprint density at radius 2 is 1.94 bits per heavy atom. The highest BCUT2D eigenvalue weighted by atomic mass is 15.3. The van der Waals surface area contributed by atoms with Crippen LogP contribution in [0.5, 0.6) is 0 Å². The lowest BCUT2D eigenvalue weighted by molar-refractivity contribution is 0.150. The van der Waals surface area contributed by atoms with Crippen molar-refractivity contribution in [2.75, 3.05) is 33.2 Å². The molecule has 2 bridgehead atoms. The third kappa shape index (κ3) is 2.13. The fraction of sp³-hybridized carbons (Fsp3) is 1.00. The van der Waals surface area contributed by atoms with E-state index in [1.54, 1.807) is 0 Å². The first kappa shape index (κ1) is 11.9. The molecule has 3 aliphatic rings. The summed E-state index contributed by atoms with van der Waals surface area (Å²) in [6.07, 6.45) is 5.59. The van der Waals surface area contributed by atoms with Gasteiger partial charge in [-0.1, -0.05) is 13.3 Å². The molecule has 3 heterocycles. The van der Waals surface area contributed by atoms with Crippen LogP contribution in [0.3, 0.4) is 0 Å². The molecule has 3 heteroatoms. The lowest BCUT2D eigenvalue weighted by Crippen LogP contribution is -2.45. The Labute approximate surface area is 106 Å². The Kier molecular flexibility index (Phi) is 3.42. The van der Waals surface area contributed by atoms with Crippen molar-refractivity contribution in [1.82, 2.24) is 15.1 Å². The highest BCUT2D eigenvalue weighted by Crippen LogP contribution is 2.31. The Balaban J connectivity index is 1.68.